The van der Waals surface area contributed by atoms with E-state index in [0.717, 1.165) is 10.6 Å². The van der Waals surface area contributed by atoms with E-state index in [0.29, 0.717) is 17.9 Å². The summed E-state index contributed by atoms with van der Waals surface area (Å²) in [7, 11) is 0. The van der Waals surface area contributed by atoms with Crippen molar-refractivity contribution in [1.29, 1.82) is 0 Å². The zero-order chi connectivity index (χ0) is 15.4. The number of amides is 1. The lowest BCUT2D eigenvalue weighted by Crippen LogP contribution is -2.16. The van der Waals surface area contributed by atoms with Gasteiger partial charge in [-0.1, -0.05) is 6.07 Å². The Morgan fingerprint density at radius 3 is 2.95 bits per heavy atom. The molecule has 0 aromatic carbocycles. The second-order valence-corrected chi connectivity index (χ2v) is 5.48. The van der Waals surface area contributed by atoms with Crippen LogP contribution in [0, 0.1) is 0 Å². The standard InChI is InChI=1S/C15H14N4O2S/c20-7-6-19-14(9-12(18-19)13-4-2-8-22-13)17-15(21)11-3-1-5-16-10-11/h1-5,8-10,20H,6-7H2,(H,17,21). The van der Waals surface area contributed by atoms with Crippen LogP contribution in [0.4, 0.5) is 5.82 Å². The zero-order valence-corrected chi connectivity index (χ0v) is 12.5. The Kier molecular flexibility index (Phi) is 4.27. The molecule has 0 radical (unpaired) electrons. The number of aliphatic hydroxyl groups is 1. The van der Waals surface area contributed by atoms with Crippen LogP contribution in [0.15, 0.2) is 48.1 Å². The van der Waals surface area contributed by atoms with Crippen molar-refractivity contribution in [3.63, 3.8) is 0 Å². The number of nitrogens with one attached hydrogen (secondary N) is 1. The smallest absolute Gasteiger partial charge is 0.258 e. The van der Waals surface area contributed by atoms with Crippen molar-refractivity contribution >= 4 is 23.1 Å². The van der Waals surface area contributed by atoms with Gasteiger partial charge in [-0.2, -0.15) is 5.10 Å². The summed E-state index contributed by atoms with van der Waals surface area (Å²) in [5.41, 5.74) is 1.24. The Hall–Kier alpha value is -2.51. The zero-order valence-electron chi connectivity index (χ0n) is 11.6. The predicted molar refractivity (Wildman–Crippen MR) is 84.8 cm³/mol. The van der Waals surface area contributed by atoms with Crippen LogP contribution in [-0.4, -0.2) is 32.4 Å². The number of carbonyl (C=O) groups is 1. The summed E-state index contributed by atoms with van der Waals surface area (Å²) in [6, 6.07) is 9.10. The molecule has 0 aliphatic rings. The fourth-order valence-corrected chi connectivity index (χ4v) is 2.69. The Morgan fingerprint density at radius 2 is 2.27 bits per heavy atom. The number of nitrogens with zero attached hydrogens (tertiary/aromatic N) is 3. The number of aliphatic hydroxyl groups excluding tert-OH is 1. The van der Waals surface area contributed by atoms with Crippen molar-refractivity contribution in [2.75, 3.05) is 11.9 Å². The van der Waals surface area contributed by atoms with Crippen LogP contribution >= 0.6 is 11.3 Å². The quantitative estimate of drug-likeness (QED) is 0.757. The number of anilines is 1. The van der Waals surface area contributed by atoms with Gasteiger partial charge < -0.3 is 10.4 Å². The lowest BCUT2D eigenvalue weighted by molar-refractivity contribution is 0.102. The van der Waals surface area contributed by atoms with E-state index in [2.05, 4.69) is 15.4 Å². The molecule has 3 aromatic rings. The summed E-state index contributed by atoms with van der Waals surface area (Å²) >= 11 is 1.57. The van der Waals surface area contributed by atoms with Gasteiger partial charge in [-0.05, 0) is 23.6 Å². The summed E-state index contributed by atoms with van der Waals surface area (Å²) < 4.78 is 1.59. The van der Waals surface area contributed by atoms with Gasteiger partial charge in [0.1, 0.15) is 11.5 Å². The summed E-state index contributed by atoms with van der Waals surface area (Å²) in [5, 5.41) is 18.4. The molecule has 3 rings (SSSR count). The molecule has 112 valence electrons. The van der Waals surface area contributed by atoms with Crippen molar-refractivity contribution in [3.8, 4) is 10.6 Å². The van der Waals surface area contributed by atoms with Gasteiger partial charge in [0.05, 0.1) is 23.6 Å². The summed E-state index contributed by atoms with van der Waals surface area (Å²) in [4.78, 5) is 17.2. The van der Waals surface area contributed by atoms with E-state index in [1.54, 1.807) is 40.4 Å². The molecule has 0 saturated carbocycles. The summed E-state index contributed by atoms with van der Waals surface area (Å²) in [6.45, 7) is 0.259. The molecule has 0 aliphatic heterocycles. The van der Waals surface area contributed by atoms with E-state index in [1.807, 2.05) is 17.5 Å². The van der Waals surface area contributed by atoms with Gasteiger partial charge in [0.15, 0.2) is 0 Å². The Bertz CT molecular complexity index is 753. The normalized spacial score (nSPS) is 10.6. The van der Waals surface area contributed by atoms with Crippen molar-refractivity contribution in [1.82, 2.24) is 14.8 Å². The molecule has 0 spiro atoms. The molecule has 0 bridgehead atoms. The maximum absolute atomic E-state index is 12.2. The number of rotatable bonds is 5. The molecule has 1 amide bonds. The first-order chi connectivity index (χ1) is 10.8. The third-order valence-electron chi connectivity index (χ3n) is 3.03. The number of thiophene rings is 1. The van der Waals surface area contributed by atoms with E-state index < -0.39 is 0 Å². The monoisotopic (exact) mass is 314 g/mol. The molecule has 7 heteroatoms. The second-order valence-electron chi connectivity index (χ2n) is 4.53. The molecular weight excluding hydrogens is 300 g/mol. The molecule has 0 aliphatic carbocycles. The van der Waals surface area contributed by atoms with Gasteiger partial charge in [-0.25, -0.2) is 4.68 Å². The van der Waals surface area contributed by atoms with E-state index >= 15 is 0 Å². The number of hydrogen-bond donors (Lipinski definition) is 2. The van der Waals surface area contributed by atoms with Crippen molar-refractivity contribution < 1.29 is 9.90 Å². The second kappa shape index (κ2) is 6.50. The minimum atomic E-state index is -0.259. The number of hydrogen-bond acceptors (Lipinski definition) is 5. The van der Waals surface area contributed by atoms with Crippen LogP contribution in [0.2, 0.25) is 0 Å². The first-order valence-corrected chi connectivity index (χ1v) is 7.60. The lowest BCUT2D eigenvalue weighted by Gasteiger charge is -2.07. The van der Waals surface area contributed by atoms with Gasteiger partial charge in [-0.3, -0.25) is 9.78 Å². The highest BCUT2D eigenvalue weighted by molar-refractivity contribution is 7.13. The van der Waals surface area contributed by atoms with E-state index in [-0.39, 0.29) is 12.5 Å². The summed E-state index contributed by atoms with van der Waals surface area (Å²) in [6.07, 6.45) is 3.12. The van der Waals surface area contributed by atoms with Gasteiger partial charge in [0, 0.05) is 18.5 Å². The van der Waals surface area contributed by atoms with Gasteiger partial charge in [0.2, 0.25) is 0 Å². The number of aromatic nitrogens is 3. The SMILES string of the molecule is O=C(Nc1cc(-c2cccs2)nn1CCO)c1cccnc1. The maximum Gasteiger partial charge on any atom is 0.258 e. The van der Waals surface area contributed by atoms with Crippen LogP contribution in [0.3, 0.4) is 0 Å². The fraction of sp³-hybridized carbons (Fsp3) is 0.133. The molecule has 22 heavy (non-hydrogen) atoms. The largest absolute Gasteiger partial charge is 0.394 e. The van der Waals surface area contributed by atoms with Crippen molar-refractivity contribution in [2.24, 2.45) is 0 Å². The molecule has 0 fully saturated rings. The van der Waals surface area contributed by atoms with E-state index in [9.17, 15) is 4.79 Å². The number of carbonyl (C=O) groups excluding carboxylic acids is 1. The lowest BCUT2D eigenvalue weighted by atomic mass is 10.2. The molecule has 0 unspecified atom stereocenters. The highest BCUT2D eigenvalue weighted by atomic mass is 32.1. The molecule has 0 saturated heterocycles. The minimum Gasteiger partial charge on any atom is -0.394 e. The van der Waals surface area contributed by atoms with Crippen LogP contribution < -0.4 is 5.32 Å². The highest BCUT2D eigenvalue weighted by Crippen LogP contribution is 2.26. The Labute approximate surface area is 131 Å². The van der Waals surface area contributed by atoms with E-state index in [1.165, 1.54) is 6.20 Å². The molecule has 0 atom stereocenters. The average molecular weight is 314 g/mol. The fourth-order valence-electron chi connectivity index (χ4n) is 2.01. The van der Waals surface area contributed by atoms with Crippen LogP contribution in [-0.2, 0) is 6.54 Å². The van der Waals surface area contributed by atoms with Gasteiger partial charge in [-0.15, -0.1) is 11.3 Å². The van der Waals surface area contributed by atoms with Crippen LogP contribution in [0.5, 0.6) is 0 Å². The molecule has 2 N–H and O–H groups in total. The average Bonchev–Trinajstić information content (AvgIpc) is 3.19. The Balaban J connectivity index is 1.87. The third kappa shape index (κ3) is 3.05. The van der Waals surface area contributed by atoms with Crippen molar-refractivity contribution in [3.05, 3.63) is 53.7 Å². The van der Waals surface area contributed by atoms with Gasteiger partial charge >= 0.3 is 0 Å². The molecular formula is C15H14N4O2S. The highest BCUT2D eigenvalue weighted by Gasteiger charge is 2.13. The topological polar surface area (TPSA) is 80.0 Å². The number of pyridine rings is 1. The minimum absolute atomic E-state index is 0.0542. The van der Waals surface area contributed by atoms with Crippen molar-refractivity contribution in [2.45, 2.75) is 6.54 Å². The van der Waals surface area contributed by atoms with Crippen LogP contribution in [0.1, 0.15) is 10.4 Å². The Morgan fingerprint density at radius 1 is 1.36 bits per heavy atom. The third-order valence-corrected chi connectivity index (χ3v) is 3.92. The molecule has 6 nitrogen and oxygen atoms in total. The van der Waals surface area contributed by atoms with E-state index in [4.69, 9.17) is 5.11 Å². The summed E-state index contributed by atoms with van der Waals surface area (Å²) in [5.74, 6) is 0.288. The van der Waals surface area contributed by atoms with Gasteiger partial charge in [0.25, 0.3) is 5.91 Å². The first-order valence-electron chi connectivity index (χ1n) is 6.72. The molecule has 3 heterocycles. The molecule has 3 aromatic heterocycles. The first kappa shape index (κ1) is 14.4. The maximum atomic E-state index is 12.2. The van der Waals surface area contributed by atoms with Crippen LogP contribution in [0.25, 0.3) is 10.6 Å². The predicted octanol–water partition coefficient (Wildman–Crippen LogP) is 2.25.